The van der Waals surface area contributed by atoms with Gasteiger partial charge in [-0.05, 0) is 68.9 Å². The Bertz CT molecular complexity index is 390. The van der Waals surface area contributed by atoms with Crippen molar-refractivity contribution in [2.75, 3.05) is 19.6 Å². The van der Waals surface area contributed by atoms with Crippen LogP contribution in [-0.4, -0.2) is 30.6 Å². The third-order valence-electron chi connectivity index (χ3n) is 4.62. The van der Waals surface area contributed by atoms with Crippen molar-refractivity contribution in [3.8, 4) is 0 Å². The third-order valence-corrected chi connectivity index (χ3v) is 5.15. The molecule has 0 aliphatic carbocycles. The zero-order valence-corrected chi connectivity index (χ0v) is 13.0. The number of piperidine rings is 1. The van der Waals surface area contributed by atoms with Gasteiger partial charge in [0.15, 0.2) is 0 Å². The number of halogens is 1. The van der Waals surface area contributed by atoms with Gasteiger partial charge in [0.25, 0.3) is 0 Å². The second kappa shape index (κ2) is 6.38. The summed E-state index contributed by atoms with van der Waals surface area (Å²) in [5.74, 6) is 0.920. The largest absolute Gasteiger partial charge is 0.314 e. The molecule has 1 N–H and O–H groups in total. The van der Waals surface area contributed by atoms with E-state index in [-0.39, 0.29) is 0 Å². The van der Waals surface area contributed by atoms with Crippen LogP contribution in [0.1, 0.15) is 31.2 Å². The van der Waals surface area contributed by atoms with Crippen molar-refractivity contribution in [1.82, 2.24) is 10.2 Å². The Kier molecular flexibility index (Phi) is 4.57. The van der Waals surface area contributed by atoms with Gasteiger partial charge in [0, 0.05) is 17.1 Å². The van der Waals surface area contributed by atoms with E-state index in [0.29, 0.717) is 0 Å². The molecule has 0 bridgehead atoms. The standard InChI is InChI=1S/C16H23BrN2/c17-15-5-3-13(4-6-15)12-19-10-7-14(8-11-19)16-2-1-9-18-16/h3-6,14,16,18H,1-2,7-12H2. The minimum absolute atomic E-state index is 0.815. The quantitative estimate of drug-likeness (QED) is 0.917. The summed E-state index contributed by atoms with van der Waals surface area (Å²) in [5.41, 5.74) is 1.43. The number of likely N-dealkylation sites (tertiary alicyclic amines) is 1. The highest BCUT2D eigenvalue weighted by molar-refractivity contribution is 9.10. The first-order valence-corrected chi connectivity index (χ1v) is 8.31. The molecule has 0 radical (unpaired) electrons. The van der Waals surface area contributed by atoms with Crippen LogP contribution >= 0.6 is 15.9 Å². The molecule has 2 aliphatic heterocycles. The normalized spacial score (nSPS) is 25.8. The fourth-order valence-corrected chi connectivity index (χ4v) is 3.74. The smallest absolute Gasteiger partial charge is 0.0233 e. The molecule has 2 saturated heterocycles. The van der Waals surface area contributed by atoms with Crippen LogP contribution in [0.2, 0.25) is 0 Å². The molecule has 1 aromatic rings. The first-order valence-electron chi connectivity index (χ1n) is 7.51. The molecule has 2 fully saturated rings. The molecular formula is C16H23BrN2. The lowest BCUT2D eigenvalue weighted by molar-refractivity contribution is 0.157. The molecule has 0 aromatic heterocycles. The first kappa shape index (κ1) is 13.6. The van der Waals surface area contributed by atoms with Gasteiger partial charge in [0.2, 0.25) is 0 Å². The van der Waals surface area contributed by atoms with E-state index in [2.05, 4.69) is 50.4 Å². The molecule has 104 valence electrons. The summed E-state index contributed by atoms with van der Waals surface area (Å²) >= 11 is 3.50. The van der Waals surface area contributed by atoms with E-state index in [1.165, 1.54) is 55.4 Å². The Hall–Kier alpha value is -0.380. The van der Waals surface area contributed by atoms with Gasteiger partial charge in [-0.25, -0.2) is 0 Å². The van der Waals surface area contributed by atoms with Gasteiger partial charge in [0.05, 0.1) is 0 Å². The van der Waals surface area contributed by atoms with Gasteiger partial charge in [-0.3, -0.25) is 4.90 Å². The molecule has 0 spiro atoms. The van der Waals surface area contributed by atoms with Crippen molar-refractivity contribution in [3.05, 3.63) is 34.3 Å². The van der Waals surface area contributed by atoms with Crippen molar-refractivity contribution in [2.24, 2.45) is 5.92 Å². The zero-order valence-electron chi connectivity index (χ0n) is 11.4. The van der Waals surface area contributed by atoms with E-state index < -0.39 is 0 Å². The fourth-order valence-electron chi connectivity index (χ4n) is 3.48. The molecule has 3 rings (SSSR count). The van der Waals surface area contributed by atoms with Crippen LogP contribution in [0.15, 0.2) is 28.7 Å². The summed E-state index contributed by atoms with van der Waals surface area (Å²) in [6, 6.07) is 9.56. The second-order valence-electron chi connectivity index (χ2n) is 5.94. The van der Waals surface area contributed by atoms with Gasteiger partial charge in [-0.2, -0.15) is 0 Å². The van der Waals surface area contributed by atoms with Crippen LogP contribution in [0, 0.1) is 5.92 Å². The molecular weight excluding hydrogens is 300 g/mol. The molecule has 2 heterocycles. The van der Waals surface area contributed by atoms with Gasteiger partial charge < -0.3 is 5.32 Å². The maximum atomic E-state index is 3.67. The Morgan fingerprint density at radius 3 is 2.47 bits per heavy atom. The second-order valence-corrected chi connectivity index (χ2v) is 6.86. The summed E-state index contributed by atoms with van der Waals surface area (Å²) in [6.07, 6.45) is 5.52. The maximum Gasteiger partial charge on any atom is 0.0233 e. The van der Waals surface area contributed by atoms with Gasteiger partial charge in [0.1, 0.15) is 0 Å². The highest BCUT2D eigenvalue weighted by atomic mass is 79.9. The lowest BCUT2D eigenvalue weighted by Gasteiger charge is -2.34. The molecule has 2 nitrogen and oxygen atoms in total. The number of rotatable bonds is 3. The Morgan fingerprint density at radius 1 is 1.11 bits per heavy atom. The van der Waals surface area contributed by atoms with E-state index in [4.69, 9.17) is 0 Å². The molecule has 19 heavy (non-hydrogen) atoms. The molecule has 1 atom stereocenters. The van der Waals surface area contributed by atoms with Crippen molar-refractivity contribution >= 4 is 15.9 Å². The number of nitrogens with zero attached hydrogens (tertiary/aromatic N) is 1. The summed E-state index contributed by atoms with van der Waals surface area (Å²) in [4.78, 5) is 2.61. The predicted molar refractivity (Wildman–Crippen MR) is 83.2 cm³/mol. The maximum absolute atomic E-state index is 3.67. The third kappa shape index (κ3) is 3.59. The Labute approximate surface area is 124 Å². The first-order chi connectivity index (χ1) is 9.31. The average molecular weight is 323 g/mol. The van der Waals surface area contributed by atoms with Gasteiger partial charge in [-0.15, -0.1) is 0 Å². The molecule has 2 aliphatic rings. The molecule has 1 unspecified atom stereocenters. The Balaban J connectivity index is 1.48. The predicted octanol–water partition coefficient (Wildman–Crippen LogP) is 3.41. The zero-order chi connectivity index (χ0) is 13.1. The summed E-state index contributed by atoms with van der Waals surface area (Å²) < 4.78 is 1.17. The van der Waals surface area contributed by atoms with Crippen LogP contribution in [0.25, 0.3) is 0 Å². The van der Waals surface area contributed by atoms with Crippen molar-refractivity contribution < 1.29 is 0 Å². The highest BCUT2D eigenvalue weighted by Gasteiger charge is 2.28. The minimum Gasteiger partial charge on any atom is -0.314 e. The van der Waals surface area contributed by atoms with E-state index in [1.54, 1.807) is 0 Å². The monoisotopic (exact) mass is 322 g/mol. The van der Waals surface area contributed by atoms with E-state index in [0.717, 1.165) is 18.5 Å². The van der Waals surface area contributed by atoms with Crippen LogP contribution in [0.4, 0.5) is 0 Å². The van der Waals surface area contributed by atoms with Crippen LogP contribution in [-0.2, 0) is 6.54 Å². The van der Waals surface area contributed by atoms with Crippen LogP contribution in [0.3, 0.4) is 0 Å². The lowest BCUT2D eigenvalue weighted by atomic mass is 9.88. The average Bonchev–Trinajstić information content (AvgIpc) is 2.96. The molecule has 3 heteroatoms. The molecule has 0 amide bonds. The fraction of sp³-hybridized carbons (Fsp3) is 0.625. The van der Waals surface area contributed by atoms with Crippen molar-refractivity contribution in [2.45, 2.75) is 38.3 Å². The van der Waals surface area contributed by atoms with E-state index >= 15 is 0 Å². The topological polar surface area (TPSA) is 15.3 Å². The van der Waals surface area contributed by atoms with Gasteiger partial charge in [-0.1, -0.05) is 28.1 Å². The minimum atomic E-state index is 0.815. The van der Waals surface area contributed by atoms with Crippen LogP contribution < -0.4 is 5.32 Å². The summed E-state index contributed by atoms with van der Waals surface area (Å²) in [6.45, 7) is 4.87. The van der Waals surface area contributed by atoms with Crippen molar-refractivity contribution in [3.63, 3.8) is 0 Å². The molecule has 0 saturated carbocycles. The molecule has 1 aromatic carbocycles. The number of hydrogen-bond acceptors (Lipinski definition) is 2. The van der Waals surface area contributed by atoms with Gasteiger partial charge >= 0.3 is 0 Å². The van der Waals surface area contributed by atoms with E-state index in [1.807, 2.05) is 0 Å². The number of benzene rings is 1. The number of nitrogens with one attached hydrogen (secondary N) is 1. The lowest BCUT2D eigenvalue weighted by Crippen LogP contribution is -2.40. The van der Waals surface area contributed by atoms with E-state index in [9.17, 15) is 0 Å². The van der Waals surface area contributed by atoms with Crippen LogP contribution in [0.5, 0.6) is 0 Å². The van der Waals surface area contributed by atoms with Crippen molar-refractivity contribution in [1.29, 1.82) is 0 Å². The highest BCUT2D eigenvalue weighted by Crippen LogP contribution is 2.26. The number of hydrogen-bond donors (Lipinski definition) is 1. The SMILES string of the molecule is Brc1ccc(CN2CCC(C3CCCN3)CC2)cc1. The summed E-state index contributed by atoms with van der Waals surface area (Å²) in [7, 11) is 0. The Morgan fingerprint density at radius 2 is 1.84 bits per heavy atom. The summed E-state index contributed by atoms with van der Waals surface area (Å²) in [5, 5.41) is 3.67.